The van der Waals surface area contributed by atoms with E-state index in [0.717, 1.165) is 35.8 Å². The van der Waals surface area contributed by atoms with Crippen LogP contribution in [0.1, 0.15) is 45.1 Å². The maximum absolute atomic E-state index is 12.0. The highest BCUT2D eigenvalue weighted by Crippen LogP contribution is 2.45. The summed E-state index contributed by atoms with van der Waals surface area (Å²) in [6.45, 7) is 6.19. The Balaban J connectivity index is 1.65. The fraction of sp³-hybridized carbons (Fsp3) is 0.588. The van der Waals surface area contributed by atoms with Gasteiger partial charge in [-0.25, -0.2) is 0 Å². The molecule has 1 amide bonds. The van der Waals surface area contributed by atoms with E-state index in [1.165, 1.54) is 12.8 Å². The van der Waals surface area contributed by atoms with E-state index < -0.39 is 0 Å². The zero-order chi connectivity index (χ0) is 14.3. The Labute approximate surface area is 120 Å². The quantitative estimate of drug-likeness (QED) is 0.883. The molecule has 1 unspecified atom stereocenters. The number of rotatable bonds is 5. The van der Waals surface area contributed by atoms with E-state index in [9.17, 15) is 4.79 Å². The van der Waals surface area contributed by atoms with Crippen molar-refractivity contribution >= 4 is 11.6 Å². The molecule has 0 heterocycles. The van der Waals surface area contributed by atoms with Crippen LogP contribution in [0.3, 0.4) is 0 Å². The molecule has 2 aliphatic carbocycles. The van der Waals surface area contributed by atoms with Crippen molar-refractivity contribution in [2.24, 2.45) is 11.3 Å². The number of carbonyl (C=O) groups is 1. The number of nitrogens with one attached hydrogen (secondary N) is 1. The van der Waals surface area contributed by atoms with Crippen LogP contribution in [0.2, 0.25) is 0 Å². The third-order valence-corrected chi connectivity index (χ3v) is 4.58. The second kappa shape index (κ2) is 4.80. The van der Waals surface area contributed by atoms with Crippen molar-refractivity contribution in [3.63, 3.8) is 0 Å². The average molecular weight is 273 g/mol. The molecule has 2 aliphatic rings. The first-order chi connectivity index (χ1) is 9.48. The van der Waals surface area contributed by atoms with E-state index in [1.54, 1.807) is 0 Å². The number of amides is 1. The number of aryl methyl sites for hydroxylation is 1. The minimum Gasteiger partial charge on any atom is -0.490 e. The number of hydrogen-bond acceptors (Lipinski definition) is 2. The third-order valence-electron chi connectivity index (χ3n) is 4.58. The van der Waals surface area contributed by atoms with E-state index in [1.807, 2.05) is 32.0 Å². The maximum Gasteiger partial charge on any atom is 0.230 e. The zero-order valence-corrected chi connectivity index (χ0v) is 12.5. The van der Waals surface area contributed by atoms with Gasteiger partial charge in [-0.2, -0.15) is 0 Å². The van der Waals surface area contributed by atoms with Crippen LogP contribution in [0.15, 0.2) is 18.2 Å². The Bertz CT molecular complexity index is 530. The number of carbonyl (C=O) groups excluding carboxylic acids is 1. The first-order valence-corrected chi connectivity index (χ1v) is 7.57. The van der Waals surface area contributed by atoms with E-state index in [-0.39, 0.29) is 11.3 Å². The van der Waals surface area contributed by atoms with Crippen LogP contribution in [0.5, 0.6) is 5.75 Å². The summed E-state index contributed by atoms with van der Waals surface area (Å²) in [5, 5.41) is 3.01. The molecule has 1 aromatic rings. The van der Waals surface area contributed by atoms with Gasteiger partial charge < -0.3 is 10.1 Å². The molecule has 0 aliphatic heterocycles. The van der Waals surface area contributed by atoms with Crippen molar-refractivity contribution in [3.05, 3.63) is 23.8 Å². The number of ether oxygens (including phenoxy) is 1. The molecule has 108 valence electrons. The standard InChI is InChI=1S/C17H23NO2/c1-11-10-14(18-16(19)17(3)8-9-17)6-7-15(11)20-12(2)13-4-5-13/h6-7,10,12-13H,4-5,8-9H2,1-3H3,(H,18,19). The van der Waals surface area contributed by atoms with Gasteiger partial charge in [-0.3, -0.25) is 4.79 Å². The average Bonchev–Trinajstić information content (AvgIpc) is 3.26. The highest BCUT2D eigenvalue weighted by atomic mass is 16.5. The van der Waals surface area contributed by atoms with Crippen molar-refractivity contribution in [3.8, 4) is 5.75 Å². The molecule has 2 fully saturated rings. The summed E-state index contributed by atoms with van der Waals surface area (Å²) >= 11 is 0. The molecule has 0 bridgehead atoms. The smallest absolute Gasteiger partial charge is 0.230 e. The Morgan fingerprint density at radius 3 is 2.65 bits per heavy atom. The van der Waals surface area contributed by atoms with Gasteiger partial charge in [-0.1, -0.05) is 6.92 Å². The molecule has 0 spiro atoms. The number of hydrogen-bond donors (Lipinski definition) is 1. The second-order valence-electron chi connectivity index (χ2n) is 6.66. The summed E-state index contributed by atoms with van der Waals surface area (Å²) in [5.41, 5.74) is 1.81. The molecule has 3 rings (SSSR count). The maximum atomic E-state index is 12.0. The Hall–Kier alpha value is -1.51. The molecule has 20 heavy (non-hydrogen) atoms. The minimum absolute atomic E-state index is 0.135. The summed E-state index contributed by atoms with van der Waals surface area (Å²) in [7, 11) is 0. The van der Waals surface area contributed by atoms with Gasteiger partial charge >= 0.3 is 0 Å². The molecular weight excluding hydrogens is 250 g/mol. The summed E-state index contributed by atoms with van der Waals surface area (Å²) in [6, 6.07) is 5.91. The van der Waals surface area contributed by atoms with Crippen LogP contribution in [0, 0.1) is 18.3 Å². The Kier molecular flexibility index (Phi) is 3.23. The van der Waals surface area contributed by atoms with E-state index in [0.29, 0.717) is 6.10 Å². The summed E-state index contributed by atoms with van der Waals surface area (Å²) in [4.78, 5) is 12.0. The topological polar surface area (TPSA) is 38.3 Å². The summed E-state index contributed by atoms with van der Waals surface area (Å²) in [5.74, 6) is 1.79. The minimum atomic E-state index is -0.135. The lowest BCUT2D eigenvalue weighted by atomic mass is 10.1. The van der Waals surface area contributed by atoms with Gasteiger partial charge in [-0.15, -0.1) is 0 Å². The van der Waals surface area contributed by atoms with Gasteiger partial charge in [0.15, 0.2) is 0 Å². The van der Waals surface area contributed by atoms with Gasteiger partial charge in [0.1, 0.15) is 5.75 Å². The fourth-order valence-corrected chi connectivity index (χ4v) is 2.42. The first-order valence-electron chi connectivity index (χ1n) is 7.57. The number of benzene rings is 1. The monoisotopic (exact) mass is 273 g/mol. The van der Waals surface area contributed by atoms with Crippen molar-refractivity contribution in [1.29, 1.82) is 0 Å². The van der Waals surface area contributed by atoms with Crippen molar-refractivity contribution in [1.82, 2.24) is 0 Å². The second-order valence-corrected chi connectivity index (χ2v) is 6.66. The van der Waals surface area contributed by atoms with E-state index in [2.05, 4.69) is 12.2 Å². The predicted molar refractivity (Wildman–Crippen MR) is 80.0 cm³/mol. The van der Waals surface area contributed by atoms with Gasteiger partial charge in [0.25, 0.3) is 0 Å². The van der Waals surface area contributed by atoms with Gasteiger partial charge in [0.05, 0.1) is 6.10 Å². The van der Waals surface area contributed by atoms with E-state index >= 15 is 0 Å². The molecule has 0 saturated heterocycles. The normalized spacial score (nSPS) is 21.1. The highest BCUT2D eigenvalue weighted by Gasteiger charge is 2.44. The molecular formula is C17H23NO2. The predicted octanol–water partition coefficient (Wildman–Crippen LogP) is 3.91. The SMILES string of the molecule is Cc1cc(NC(=O)C2(C)CC2)ccc1OC(C)C1CC1. The highest BCUT2D eigenvalue weighted by molar-refractivity contribution is 5.96. The van der Waals surface area contributed by atoms with Crippen LogP contribution < -0.4 is 10.1 Å². The largest absolute Gasteiger partial charge is 0.490 e. The lowest BCUT2D eigenvalue weighted by molar-refractivity contribution is -0.120. The summed E-state index contributed by atoms with van der Waals surface area (Å²) in [6.07, 6.45) is 4.86. The lowest BCUT2D eigenvalue weighted by Crippen LogP contribution is -2.21. The first kappa shape index (κ1) is 13.5. The number of anilines is 1. The molecule has 0 radical (unpaired) electrons. The molecule has 2 saturated carbocycles. The lowest BCUT2D eigenvalue weighted by Gasteiger charge is -2.17. The third kappa shape index (κ3) is 2.82. The summed E-state index contributed by atoms with van der Waals surface area (Å²) < 4.78 is 6.00. The van der Waals surface area contributed by atoms with Crippen LogP contribution in [0.4, 0.5) is 5.69 Å². The Morgan fingerprint density at radius 1 is 1.40 bits per heavy atom. The van der Waals surface area contributed by atoms with Gasteiger partial charge in [0, 0.05) is 11.1 Å². The van der Waals surface area contributed by atoms with Crippen LogP contribution in [0.25, 0.3) is 0 Å². The van der Waals surface area contributed by atoms with Crippen LogP contribution >= 0.6 is 0 Å². The molecule has 1 N–H and O–H groups in total. The Morgan fingerprint density at radius 2 is 2.10 bits per heavy atom. The van der Waals surface area contributed by atoms with Crippen LogP contribution in [-0.2, 0) is 4.79 Å². The molecule has 1 atom stereocenters. The van der Waals surface area contributed by atoms with Gasteiger partial charge in [-0.05, 0) is 69.2 Å². The molecule has 0 aromatic heterocycles. The van der Waals surface area contributed by atoms with Crippen molar-refractivity contribution < 1.29 is 9.53 Å². The van der Waals surface area contributed by atoms with Gasteiger partial charge in [0.2, 0.25) is 5.91 Å². The van der Waals surface area contributed by atoms with Crippen LogP contribution in [-0.4, -0.2) is 12.0 Å². The molecule has 1 aromatic carbocycles. The zero-order valence-electron chi connectivity index (χ0n) is 12.5. The van der Waals surface area contributed by atoms with E-state index in [4.69, 9.17) is 4.74 Å². The molecule has 3 heteroatoms. The van der Waals surface area contributed by atoms with Crippen molar-refractivity contribution in [2.45, 2.75) is 52.6 Å². The van der Waals surface area contributed by atoms with Crippen molar-refractivity contribution in [2.75, 3.05) is 5.32 Å². The molecule has 3 nitrogen and oxygen atoms in total. The fourth-order valence-electron chi connectivity index (χ4n) is 2.42.